The van der Waals surface area contributed by atoms with E-state index in [1.807, 2.05) is 11.8 Å². The van der Waals surface area contributed by atoms with Crippen molar-refractivity contribution in [1.29, 1.82) is 0 Å². The lowest BCUT2D eigenvalue weighted by atomic mass is 9.74. The van der Waals surface area contributed by atoms with Gasteiger partial charge in [-0.15, -0.1) is 5.10 Å². The van der Waals surface area contributed by atoms with Gasteiger partial charge in [-0.3, -0.25) is 9.59 Å². The van der Waals surface area contributed by atoms with Crippen molar-refractivity contribution < 1.29 is 14.7 Å². The molecule has 1 N–H and O–H groups in total. The van der Waals surface area contributed by atoms with E-state index in [-0.39, 0.29) is 23.8 Å². The molecule has 1 aromatic rings. The van der Waals surface area contributed by atoms with E-state index in [2.05, 4.69) is 10.2 Å². The maximum atomic E-state index is 12.5. The van der Waals surface area contributed by atoms with Gasteiger partial charge in [0.1, 0.15) is 0 Å². The molecule has 7 heteroatoms. The lowest BCUT2D eigenvalue weighted by Crippen LogP contribution is -2.46. The molecule has 0 aliphatic carbocycles. The fourth-order valence-corrected chi connectivity index (χ4v) is 4.21. The normalized spacial score (nSPS) is 26.0. The molecule has 0 saturated carbocycles. The van der Waals surface area contributed by atoms with E-state index >= 15 is 0 Å². The zero-order chi connectivity index (χ0) is 17.4. The summed E-state index contributed by atoms with van der Waals surface area (Å²) in [4.78, 5) is 28.0. The zero-order valence-electron chi connectivity index (χ0n) is 14.2. The van der Waals surface area contributed by atoms with Gasteiger partial charge in [0.25, 0.3) is 5.91 Å². The second-order valence-electron chi connectivity index (χ2n) is 7.34. The molecular weight excluding hydrogens is 308 g/mol. The van der Waals surface area contributed by atoms with Crippen LogP contribution in [-0.4, -0.2) is 68.7 Å². The summed E-state index contributed by atoms with van der Waals surface area (Å²) in [6.07, 6.45) is 3.99. The molecule has 2 aliphatic heterocycles. The first kappa shape index (κ1) is 16.8. The van der Waals surface area contributed by atoms with Crippen molar-refractivity contribution in [3.8, 4) is 0 Å². The third-order valence-corrected chi connectivity index (χ3v) is 5.52. The Morgan fingerprint density at radius 3 is 2.54 bits per heavy atom. The average Bonchev–Trinajstić information content (AvgIpc) is 2.89. The van der Waals surface area contributed by atoms with Gasteiger partial charge in [0.2, 0.25) is 5.91 Å². The Hall–Kier alpha value is -2.02. The van der Waals surface area contributed by atoms with Crippen LogP contribution in [0.25, 0.3) is 0 Å². The summed E-state index contributed by atoms with van der Waals surface area (Å²) in [5.41, 5.74) is -0.143. The largest absolute Gasteiger partial charge is 0.394 e. The van der Waals surface area contributed by atoms with Crippen LogP contribution in [0.5, 0.6) is 0 Å². The maximum Gasteiger partial charge on any atom is 0.274 e. The van der Waals surface area contributed by atoms with Gasteiger partial charge >= 0.3 is 0 Å². The lowest BCUT2D eigenvalue weighted by Gasteiger charge is -2.39. The van der Waals surface area contributed by atoms with Crippen LogP contribution in [0.1, 0.15) is 43.6 Å². The molecule has 7 nitrogen and oxygen atoms in total. The van der Waals surface area contributed by atoms with Gasteiger partial charge < -0.3 is 14.9 Å². The molecule has 2 aliphatic rings. The van der Waals surface area contributed by atoms with Crippen LogP contribution < -0.4 is 0 Å². The molecule has 0 radical (unpaired) electrons. The minimum Gasteiger partial charge on any atom is -0.394 e. The number of hydrogen-bond donors (Lipinski definition) is 1. The smallest absolute Gasteiger partial charge is 0.274 e. The van der Waals surface area contributed by atoms with Crippen LogP contribution in [0.2, 0.25) is 0 Å². The second-order valence-corrected chi connectivity index (χ2v) is 7.34. The molecule has 1 unspecified atom stereocenters. The number of hydrogen-bond acceptors (Lipinski definition) is 5. The van der Waals surface area contributed by atoms with E-state index in [1.165, 1.54) is 0 Å². The van der Waals surface area contributed by atoms with Crippen LogP contribution in [0, 0.1) is 5.41 Å². The van der Waals surface area contributed by atoms with E-state index in [1.54, 1.807) is 30.2 Å². The summed E-state index contributed by atoms with van der Waals surface area (Å²) in [7, 11) is 0. The van der Waals surface area contributed by atoms with Crippen molar-refractivity contribution in [3.63, 3.8) is 0 Å². The average molecular weight is 332 g/mol. The molecule has 2 fully saturated rings. The number of nitrogens with zero attached hydrogens (tertiary/aromatic N) is 4. The monoisotopic (exact) mass is 332 g/mol. The highest BCUT2D eigenvalue weighted by molar-refractivity contribution is 5.92. The van der Waals surface area contributed by atoms with Gasteiger partial charge in [-0.05, 0) is 43.7 Å². The Morgan fingerprint density at radius 1 is 1.33 bits per heavy atom. The molecule has 1 aromatic heterocycles. The van der Waals surface area contributed by atoms with Crippen molar-refractivity contribution >= 4 is 11.8 Å². The van der Waals surface area contributed by atoms with E-state index in [0.29, 0.717) is 25.3 Å². The first-order valence-electron chi connectivity index (χ1n) is 8.35. The summed E-state index contributed by atoms with van der Waals surface area (Å²) in [5.74, 6) is -0.0919. The van der Waals surface area contributed by atoms with E-state index in [0.717, 1.165) is 19.3 Å². The Balaban J connectivity index is 1.69. The van der Waals surface area contributed by atoms with Crippen LogP contribution in [0.3, 0.4) is 0 Å². The number of amides is 2. The highest BCUT2D eigenvalue weighted by Crippen LogP contribution is 2.48. The molecule has 130 valence electrons. The first-order valence-corrected chi connectivity index (χ1v) is 8.35. The first-order chi connectivity index (χ1) is 11.4. The van der Waals surface area contributed by atoms with Crippen molar-refractivity contribution in [3.05, 3.63) is 24.0 Å². The minimum atomic E-state index is -0.497. The van der Waals surface area contributed by atoms with Gasteiger partial charge in [0, 0.05) is 32.8 Å². The SMILES string of the molecule is CC(=O)N1CC2(CCN(C(=O)c3cccnn3)CC2)CC1(C)CO. The standard InChI is InChI=1S/C17H24N4O3/c1-13(23)21-11-17(10-16(21,2)12-22)5-8-20(9-6-17)15(24)14-4-3-7-18-19-14/h3-4,7,22H,5-6,8-12H2,1-2H3. The van der Waals surface area contributed by atoms with E-state index in [4.69, 9.17) is 0 Å². The van der Waals surface area contributed by atoms with Gasteiger partial charge in [0.15, 0.2) is 5.69 Å². The summed E-state index contributed by atoms with van der Waals surface area (Å²) in [6, 6.07) is 3.38. The quantitative estimate of drug-likeness (QED) is 0.861. The Labute approximate surface area is 141 Å². The summed E-state index contributed by atoms with van der Waals surface area (Å²) >= 11 is 0. The predicted molar refractivity (Wildman–Crippen MR) is 87.1 cm³/mol. The van der Waals surface area contributed by atoms with E-state index in [9.17, 15) is 14.7 Å². The topological polar surface area (TPSA) is 86.6 Å². The molecule has 1 atom stereocenters. The molecule has 0 aromatic carbocycles. The Morgan fingerprint density at radius 2 is 2.04 bits per heavy atom. The molecule has 3 heterocycles. The molecule has 3 rings (SSSR count). The minimum absolute atomic E-state index is 0.00138. The van der Waals surface area contributed by atoms with Crippen LogP contribution in [-0.2, 0) is 4.79 Å². The van der Waals surface area contributed by atoms with Gasteiger partial charge in [-0.2, -0.15) is 5.10 Å². The molecule has 0 bridgehead atoms. The third-order valence-electron chi connectivity index (χ3n) is 5.52. The number of aliphatic hydroxyl groups is 1. The fourth-order valence-electron chi connectivity index (χ4n) is 4.21. The lowest BCUT2D eigenvalue weighted by molar-refractivity contribution is -0.134. The third kappa shape index (κ3) is 2.88. The highest BCUT2D eigenvalue weighted by atomic mass is 16.3. The van der Waals surface area contributed by atoms with Gasteiger partial charge in [-0.1, -0.05) is 0 Å². The second kappa shape index (κ2) is 6.12. The number of likely N-dealkylation sites (tertiary alicyclic amines) is 2. The summed E-state index contributed by atoms with van der Waals surface area (Å²) in [5, 5.41) is 17.4. The van der Waals surface area contributed by atoms with Gasteiger partial charge in [0.05, 0.1) is 12.1 Å². The maximum absolute atomic E-state index is 12.5. The Kier molecular flexibility index (Phi) is 4.29. The molecule has 2 amide bonds. The molecule has 1 spiro atoms. The van der Waals surface area contributed by atoms with Crippen LogP contribution in [0.15, 0.2) is 18.3 Å². The summed E-state index contributed by atoms with van der Waals surface area (Å²) < 4.78 is 0. The number of piperidine rings is 1. The predicted octanol–water partition coefficient (Wildman–Crippen LogP) is 0.702. The number of rotatable bonds is 2. The number of aliphatic hydroxyl groups excluding tert-OH is 1. The van der Waals surface area contributed by atoms with Crippen LogP contribution in [0.4, 0.5) is 0 Å². The van der Waals surface area contributed by atoms with Crippen molar-refractivity contribution in [2.45, 2.75) is 38.6 Å². The molecular formula is C17H24N4O3. The molecule has 2 saturated heterocycles. The van der Waals surface area contributed by atoms with Gasteiger partial charge in [-0.25, -0.2) is 0 Å². The van der Waals surface area contributed by atoms with Crippen molar-refractivity contribution in [2.75, 3.05) is 26.2 Å². The Bertz CT molecular complexity index is 628. The molecule has 24 heavy (non-hydrogen) atoms. The highest BCUT2D eigenvalue weighted by Gasteiger charge is 2.52. The fraction of sp³-hybridized carbons (Fsp3) is 0.647. The van der Waals surface area contributed by atoms with E-state index < -0.39 is 5.54 Å². The van der Waals surface area contributed by atoms with Crippen molar-refractivity contribution in [1.82, 2.24) is 20.0 Å². The number of aromatic nitrogens is 2. The summed E-state index contributed by atoms with van der Waals surface area (Å²) in [6.45, 7) is 5.41. The van der Waals surface area contributed by atoms with Crippen molar-refractivity contribution in [2.24, 2.45) is 5.41 Å². The number of carbonyl (C=O) groups is 2. The van der Waals surface area contributed by atoms with Crippen LogP contribution >= 0.6 is 0 Å². The number of carbonyl (C=O) groups excluding carboxylic acids is 2. The zero-order valence-corrected chi connectivity index (χ0v) is 14.2.